The maximum atomic E-state index is 6.26. The highest BCUT2D eigenvalue weighted by atomic mass is 32.1. The van der Waals surface area contributed by atoms with Crippen LogP contribution in [0.5, 0.6) is 0 Å². The van der Waals surface area contributed by atoms with Crippen molar-refractivity contribution in [2.45, 2.75) is 0 Å². The first-order valence-corrected chi connectivity index (χ1v) is 18.6. The van der Waals surface area contributed by atoms with Crippen LogP contribution in [-0.4, -0.2) is 4.98 Å². The largest absolute Gasteiger partial charge is 0.436 e. The molecule has 8 aromatic carbocycles. The molecule has 53 heavy (non-hydrogen) atoms. The summed E-state index contributed by atoms with van der Waals surface area (Å²) in [5.74, 6) is 0.649. The number of aromatic nitrogens is 1. The molecular weight excluding hydrogens is 665 g/mol. The molecule has 0 saturated heterocycles. The molecule has 0 atom stereocenters. The molecule has 3 nitrogen and oxygen atoms in total. The Hall–Kier alpha value is -6.75. The zero-order valence-electron chi connectivity index (χ0n) is 28.7. The van der Waals surface area contributed by atoms with E-state index in [4.69, 9.17) is 9.40 Å². The predicted octanol–water partition coefficient (Wildman–Crippen LogP) is 14.3. The standard InChI is InChI=1S/C49H32N2OS/c1-4-13-33(14-5-1)34-23-27-38(28-24-34)51(45-22-11-10-19-40(45)35-15-6-2-7-16-35)39-29-25-36(26-30-39)41-20-12-21-42-43-31-46-44(32-47(43)53-48(41)42)50-49(52-46)37-17-8-3-9-18-37/h1-32H. The van der Waals surface area contributed by atoms with Gasteiger partial charge in [0.15, 0.2) is 5.58 Å². The van der Waals surface area contributed by atoms with Crippen LogP contribution in [0.3, 0.4) is 0 Å². The van der Waals surface area contributed by atoms with Crippen LogP contribution in [0.25, 0.3) is 76.1 Å². The molecule has 0 spiro atoms. The second kappa shape index (κ2) is 13.1. The Morgan fingerprint density at radius 1 is 0.434 bits per heavy atom. The third-order valence-corrected chi connectivity index (χ3v) is 11.1. The second-order valence-electron chi connectivity index (χ2n) is 13.2. The lowest BCUT2D eigenvalue weighted by atomic mass is 10.00. The third kappa shape index (κ3) is 5.66. The Morgan fingerprint density at radius 3 is 1.68 bits per heavy atom. The molecule has 2 aromatic heterocycles. The lowest BCUT2D eigenvalue weighted by molar-refractivity contribution is 0.620. The van der Waals surface area contributed by atoms with Crippen LogP contribution in [0.1, 0.15) is 0 Å². The van der Waals surface area contributed by atoms with E-state index in [2.05, 4.69) is 169 Å². The van der Waals surface area contributed by atoms with Crippen LogP contribution < -0.4 is 4.90 Å². The van der Waals surface area contributed by atoms with Gasteiger partial charge in [0, 0.05) is 42.7 Å². The smallest absolute Gasteiger partial charge is 0.227 e. The highest BCUT2D eigenvalue weighted by molar-refractivity contribution is 7.26. The van der Waals surface area contributed by atoms with Crippen molar-refractivity contribution in [3.63, 3.8) is 0 Å². The highest BCUT2D eigenvalue weighted by Gasteiger charge is 2.19. The van der Waals surface area contributed by atoms with Crippen LogP contribution in [-0.2, 0) is 0 Å². The summed E-state index contributed by atoms with van der Waals surface area (Å²) in [5.41, 5.74) is 13.1. The molecule has 250 valence electrons. The van der Waals surface area contributed by atoms with E-state index in [1.807, 2.05) is 41.7 Å². The number of rotatable bonds is 7. The van der Waals surface area contributed by atoms with Crippen LogP contribution in [0.2, 0.25) is 0 Å². The lowest BCUT2D eigenvalue weighted by Gasteiger charge is -2.28. The molecule has 2 heterocycles. The number of thiophene rings is 1. The van der Waals surface area contributed by atoms with Crippen molar-refractivity contribution in [3.05, 3.63) is 194 Å². The van der Waals surface area contributed by atoms with Crippen molar-refractivity contribution in [1.82, 2.24) is 4.98 Å². The van der Waals surface area contributed by atoms with E-state index in [1.165, 1.54) is 53.6 Å². The summed E-state index contributed by atoms with van der Waals surface area (Å²) in [6.07, 6.45) is 0. The molecule has 0 amide bonds. The lowest BCUT2D eigenvalue weighted by Crippen LogP contribution is -2.11. The Kier molecular flexibility index (Phi) is 7.67. The molecule has 0 radical (unpaired) electrons. The Bertz CT molecular complexity index is 2860. The molecule has 0 bridgehead atoms. The second-order valence-corrected chi connectivity index (χ2v) is 14.2. The first kappa shape index (κ1) is 31.0. The van der Waals surface area contributed by atoms with Gasteiger partial charge in [0.05, 0.1) is 5.69 Å². The van der Waals surface area contributed by atoms with Gasteiger partial charge in [-0.05, 0) is 82.4 Å². The van der Waals surface area contributed by atoms with E-state index >= 15 is 0 Å². The highest BCUT2D eigenvalue weighted by Crippen LogP contribution is 2.44. The quantitative estimate of drug-likeness (QED) is 0.166. The Morgan fingerprint density at radius 2 is 0.981 bits per heavy atom. The summed E-state index contributed by atoms with van der Waals surface area (Å²) in [4.78, 5) is 7.21. The summed E-state index contributed by atoms with van der Waals surface area (Å²) < 4.78 is 8.72. The van der Waals surface area contributed by atoms with Gasteiger partial charge in [0.25, 0.3) is 0 Å². The van der Waals surface area contributed by atoms with E-state index in [0.29, 0.717) is 5.89 Å². The van der Waals surface area contributed by atoms with Crippen molar-refractivity contribution >= 4 is 59.7 Å². The number of benzene rings is 8. The summed E-state index contributed by atoms with van der Waals surface area (Å²) in [5, 5.41) is 2.41. The average molecular weight is 697 g/mol. The van der Waals surface area contributed by atoms with Crippen molar-refractivity contribution in [3.8, 4) is 44.8 Å². The van der Waals surface area contributed by atoms with Gasteiger partial charge in [0.2, 0.25) is 5.89 Å². The molecule has 0 aliphatic carbocycles. The minimum atomic E-state index is 0.649. The first-order valence-electron chi connectivity index (χ1n) is 17.8. The number of hydrogen-bond donors (Lipinski definition) is 0. The van der Waals surface area contributed by atoms with E-state index in [1.54, 1.807) is 0 Å². The molecule has 10 aromatic rings. The number of fused-ring (bicyclic) bond motifs is 4. The minimum Gasteiger partial charge on any atom is -0.436 e. The number of hydrogen-bond acceptors (Lipinski definition) is 4. The van der Waals surface area contributed by atoms with Gasteiger partial charge in [-0.1, -0.05) is 140 Å². The molecule has 0 saturated carbocycles. The summed E-state index contributed by atoms with van der Waals surface area (Å²) >= 11 is 1.81. The fourth-order valence-corrected chi connectivity index (χ4v) is 8.58. The summed E-state index contributed by atoms with van der Waals surface area (Å²) in [7, 11) is 0. The summed E-state index contributed by atoms with van der Waals surface area (Å²) in [6.45, 7) is 0. The van der Waals surface area contributed by atoms with Gasteiger partial charge in [-0.2, -0.15) is 0 Å². The molecule has 0 N–H and O–H groups in total. The van der Waals surface area contributed by atoms with Crippen molar-refractivity contribution in [2.24, 2.45) is 0 Å². The van der Waals surface area contributed by atoms with Crippen LogP contribution in [0.15, 0.2) is 199 Å². The van der Waals surface area contributed by atoms with Crippen molar-refractivity contribution in [1.29, 1.82) is 0 Å². The van der Waals surface area contributed by atoms with E-state index in [0.717, 1.165) is 33.7 Å². The Labute approximate surface area is 311 Å². The topological polar surface area (TPSA) is 29.3 Å². The van der Waals surface area contributed by atoms with Gasteiger partial charge < -0.3 is 9.32 Å². The van der Waals surface area contributed by atoms with Gasteiger partial charge in [-0.25, -0.2) is 4.98 Å². The molecule has 10 rings (SSSR count). The number of oxazole rings is 1. The SMILES string of the molecule is c1ccc(-c2ccc(N(c3ccc(-c4cccc5c4sc4cc6nc(-c7ccccc7)oc6cc45)cc3)c3ccccc3-c3ccccc3)cc2)cc1. The molecule has 0 aliphatic rings. The summed E-state index contributed by atoms with van der Waals surface area (Å²) in [6, 6.07) is 68.7. The molecule has 4 heteroatoms. The van der Waals surface area contributed by atoms with Crippen LogP contribution in [0, 0.1) is 0 Å². The average Bonchev–Trinajstić information content (AvgIpc) is 3.82. The molecule has 0 unspecified atom stereocenters. The zero-order valence-corrected chi connectivity index (χ0v) is 29.5. The van der Waals surface area contributed by atoms with Crippen molar-refractivity contribution in [2.75, 3.05) is 4.90 Å². The predicted molar refractivity (Wildman–Crippen MR) is 223 cm³/mol. The fourth-order valence-electron chi connectivity index (χ4n) is 7.33. The molecular formula is C49H32N2OS. The third-order valence-electron chi connectivity index (χ3n) is 9.93. The van der Waals surface area contributed by atoms with Crippen LogP contribution in [0.4, 0.5) is 17.1 Å². The molecule has 0 fully saturated rings. The Balaban J connectivity index is 1.06. The molecule has 0 aliphatic heterocycles. The van der Waals surface area contributed by atoms with Gasteiger partial charge in [0.1, 0.15) is 5.52 Å². The van der Waals surface area contributed by atoms with Crippen molar-refractivity contribution < 1.29 is 4.42 Å². The van der Waals surface area contributed by atoms with E-state index in [-0.39, 0.29) is 0 Å². The van der Waals surface area contributed by atoms with E-state index < -0.39 is 0 Å². The maximum absolute atomic E-state index is 6.26. The monoisotopic (exact) mass is 696 g/mol. The van der Waals surface area contributed by atoms with Crippen LogP contribution >= 0.6 is 11.3 Å². The van der Waals surface area contributed by atoms with Gasteiger partial charge >= 0.3 is 0 Å². The number of anilines is 3. The maximum Gasteiger partial charge on any atom is 0.227 e. The van der Waals surface area contributed by atoms with Gasteiger partial charge in [-0.15, -0.1) is 11.3 Å². The zero-order chi connectivity index (χ0) is 35.1. The number of nitrogens with zero attached hydrogens (tertiary/aromatic N) is 2. The normalized spacial score (nSPS) is 11.4. The van der Waals surface area contributed by atoms with E-state index in [9.17, 15) is 0 Å². The number of para-hydroxylation sites is 1. The minimum absolute atomic E-state index is 0.649. The first-order chi connectivity index (χ1) is 26.3. The van der Waals surface area contributed by atoms with Gasteiger partial charge in [-0.3, -0.25) is 0 Å². The fraction of sp³-hybridized carbons (Fsp3) is 0.